The van der Waals surface area contributed by atoms with Crippen LogP contribution in [-0.2, 0) is 0 Å². The van der Waals surface area contributed by atoms with Gasteiger partial charge in [0.25, 0.3) is 0 Å². The summed E-state index contributed by atoms with van der Waals surface area (Å²) < 4.78 is 15.4. The van der Waals surface area contributed by atoms with Crippen LogP contribution >= 0.6 is 0 Å². The third-order valence-electron chi connectivity index (χ3n) is 3.58. The van der Waals surface area contributed by atoms with Crippen LogP contribution in [0.5, 0.6) is 0 Å². The summed E-state index contributed by atoms with van der Waals surface area (Å²) in [5.74, 6) is 0.0447. The lowest BCUT2D eigenvalue weighted by molar-refractivity contribution is 0.627. The minimum Gasteiger partial charge on any atom is -0.382 e. The maximum atomic E-state index is 13.6. The van der Waals surface area contributed by atoms with E-state index < -0.39 is 0 Å². The Morgan fingerprint density at radius 1 is 1.23 bits per heavy atom. The van der Waals surface area contributed by atoms with Gasteiger partial charge in [-0.2, -0.15) is 0 Å². The number of fused-ring (bicyclic) bond motifs is 1. The van der Waals surface area contributed by atoms with Crippen LogP contribution in [0.2, 0.25) is 0 Å². The standard InChI is InChI=1S/C17H11FN4/c18-12-6-3-7-13(8-12)22-9-14(11-4-1-2-5-11)15-16(22)17(19)21-10-20-15/h1-4,6-10H,(H2,19,20,21). The van der Waals surface area contributed by atoms with Gasteiger partial charge in [0.05, 0.1) is 0 Å². The third kappa shape index (κ3) is 1.84. The number of hydrogen-bond donors (Lipinski definition) is 1. The Morgan fingerprint density at radius 2 is 2.14 bits per heavy atom. The summed E-state index contributed by atoms with van der Waals surface area (Å²) in [5.41, 5.74) is 13.0. The van der Waals surface area contributed by atoms with Gasteiger partial charge in [-0.25, -0.2) is 14.4 Å². The van der Waals surface area contributed by atoms with Gasteiger partial charge < -0.3 is 10.3 Å². The molecule has 3 aromatic rings. The molecule has 1 aliphatic rings. The first-order valence-electron chi connectivity index (χ1n) is 6.75. The maximum Gasteiger partial charge on any atom is 0.151 e. The Labute approximate surface area is 125 Å². The smallest absolute Gasteiger partial charge is 0.151 e. The third-order valence-corrected chi connectivity index (χ3v) is 3.58. The number of hydrogen-bond acceptors (Lipinski definition) is 3. The number of nitrogens with two attached hydrogens (primary N) is 1. The van der Waals surface area contributed by atoms with Gasteiger partial charge in [-0.15, -0.1) is 5.73 Å². The highest BCUT2D eigenvalue weighted by atomic mass is 19.1. The molecule has 0 atom stereocenters. The summed E-state index contributed by atoms with van der Waals surface area (Å²) in [6, 6.07) is 6.32. The van der Waals surface area contributed by atoms with Crippen LogP contribution in [0, 0.1) is 5.82 Å². The fraction of sp³-hybridized carbons (Fsp3) is 0. The molecule has 106 valence electrons. The molecule has 2 heterocycles. The lowest BCUT2D eigenvalue weighted by Crippen LogP contribution is -1.99. The zero-order chi connectivity index (χ0) is 15.1. The number of nitrogens with zero attached hydrogens (tertiary/aromatic N) is 3. The molecule has 1 aromatic carbocycles. The van der Waals surface area contributed by atoms with E-state index in [-0.39, 0.29) is 5.82 Å². The average Bonchev–Trinajstić information content (AvgIpc) is 3.15. The molecule has 0 aliphatic heterocycles. The highest BCUT2D eigenvalue weighted by Gasteiger charge is 2.17. The van der Waals surface area contributed by atoms with Crippen molar-refractivity contribution in [3.8, 4) is 5.69 Å². The summed E-state index contributed by atoms with van der Waals surface area (Å²) in [6.07, 6.45) is 9.01. The van der Waals surface area contributed by atoms with Gasteiger partial charge >= 0.3 is 0 Å². The van der Waals surface area contributed by atoms with Gasteiger partial charge in [0.15, 0.2) is 5.82 Å². The molecule has 0 unspecified atom stereocenters. The van der Waals surface area contributed by atoms with Crippen LogP contribution in [-0.4, -0.2) is 14.5 Å². The quantitative estimate of drug-likeness (QED) is 0.737. The summed E-state index contributed by atoms with van der Waals surface area (Å²) in [5, 5.41) is 0. The van der Waals surface area contributed by atoms with Crippen molar-refractivity contribution in [2.45, 2.75) is 0 Å². The molecule has 1 aliphatic carbocycles. The monoisotopic (exact) mass is 290 g/mol. The zero-order valence-electron chi connectivity index (χ0n) is 11.5. The van der Waals surface area contributed by atoms with Crippen molar-refractivity contribution in [1.29, 1.82) is 0 Å². The SMILES string of the molecule is Nc1ncnc2c(C3=C=CC=C3)cn(-c3cccc(F)c3)c12. The summed E-state index contributed by atoms with van der Waals surface area (Å²) in [7, 11) is 0. The Bertz CT molecular complexity index is 991. The second-order valence-electron chi connectivity index (χ2n) is 4.93. The van der Waals surface area contributed by atoms with Crippen molar-refractivity contribution in [2.24, 2.45) is 0 Å². The summed E-state index contributed by atoms with van der Waals surface area (Å²) >= 11 is 0. The molecule has 22 heavy (non-hydrogen) atoms. The molecular formula is C17H11FN4. The van der Waals surface area contributed by atoms with Gasteiger partial charge in [0.2, 0.25) is 0 Å². The normalized spacial score (nSPS) is 13.0. The van der Waals surface area contributed by atoms with Crippen LogP contribution in [0.4, 0.5) is 10.2 Å². The Morgan fingerprint density at radius 3 is 2.91 bits per heavy atom. The van der Waals surface area contributed by atoms with Crippen LogP contribution in [0.25, 0.3) is 22.3 Å². The average molecular weight is 290 g/mol. The largest absolute Gasteiger partial charge is 0.382 e. The summed E-state index contributed by atoms with van der Waals surface area (Å²) in [6.45, 7) is 0. The van der Waals surface area contributed by atoms with Gasteiger partial charge in [-0.05, 0) is 30.4 Å². The fourth-order valence-corrected chi connectivity index (χ4v) is 2.61. The number of allylic oxidation sites excluding steroid dienone is 3. The molecule has 0 amide bonds. The first-order valence-corrected chi connectivity index (χ1v) is 6.75. The molecule has 4 rings (SSSR count). The molecule has 0 saturated carbocycles. The van der Waals surface area contributed by atoms with Crippen molar-refractivity contribution in [3.63, 3.8) is 0 Å². The zero-order valence-corrected chi connectivity index (χ0v) is 11.5. The van der Waals surface area contributed by atoms with Crippen LogP contribution in [0.1, 0.15) is 5.56 Å². The summed E-state index contributed by atoms with van der Waals surface area (Å²) in [4.78, 5) is 8.39. The van der Waals surface area contributed by atoms with E-state index in [1.165, 1.54) is 18.5 Å². The molecule has 0 bridgehead atoms. The Balaban J connectivity index is 2.07. The number of benzene rings is 1. The number of halogens is 1. The van der Waals surface area contributed by atoms with Crippen LogP contribution in [0.15, 0.2) is 60.7 Å². The topological polar surface area (TPSA) is 56.7 Å². The van der Waals surface area contributed by atoms with E-state index >= 15 is 0 Å². The molecule has 5 heteroatoms. The van der Waals surface area contributed by atoms with E-state index in [1.807, 2.05) is 35.1 Å². The van der Waals surface area contributed by atoms with Gasteiger partial charge in [0, 0.05) is 23.0 Å². The van der Waals surface area contributed by atoms with E-state index in [4.69, 9.17) is 5.73 Å². The Kier molecular flexibility index (Phi) is 2.68. The lowest BCUT2D eigenvalue weighted by Gasteiger charge is -2.06. The predicted octanol–water partition coefficient (Wildman–Crippen LogP) is 3.25. The van der Waals surface area contributed by atoms with Crippen LogP contribution in [0.3, 0.4) is 0 Å². The molecule has 0 fully saturated rings. The van der Waals surface area contributed by atoms with Gasteiger partial charge in [0.1, 0.15) is 23.2 Å². The molecule has 0 saturated heterocycles. The van der Waals surface area contributed by atoms with E-state index in [0.717, 1.165) is 16.7 Å². The first-order chi connectivity index (χ1) is 10.7. The van der Waals surface area contributed by atoms with Crippen molar-refractivity contribution in [1.82, 2.24) is 14.5 Å². The van der Waals surface area contributed by atoms with Crippen molar-refractivity contribution >= 4 is 22.4 Å². The fourth-order valence-electron chi connectivity index (χ4n) is 2.61. The number of nitrogen functional groups attached to an aromatic ring is 1. The van der Waals surface area contributed by atoms with E-state index in [9.17, 15) is 4.39 Å². The lowest BCUT2D eigenvalue weighted by atomic mass is 10.1. The van der Waals surface area contributed by atoms with E-state index in [1.54, 1.807) is 6.07 Å². The van der Waals surface area contributed by atoms with Gasteiger partial charge in [-0.3, -0.25) is 0 Å². The minimum atomic E-state index is -0.309. The predicted molar refractivity (Wildman–Crippen MR) is 83.9 cm³/mol. The molecule has 0 radical (unpaired) electrons. The molecule has 2 aromatic heterocycles. The second kappa shape index (κ2) is 4.69. The number of rotatable bonds is 2. The number of aromatic nitrogens is 3. The van der Waals surface area contributed by atoms with Crippen molar-refractivity contribution in [2.75, 3.05) is 5.73 Å². The Hall–Kier alpha value is -3.17. The van der Waals surface area contributed by atoms with E-state index in [2.05, 4.69) is 15.7 Å². The molecule has 2 N–H and O–H groups in total. The highest BCUT2D eigenvalue weighted by Crippen LogP contribution is 2.31. The highest BCUT2D eigenvalue weighted by molar-refractivity contribution is 5.98. The maximum absolute atomic E-state index is 13.6. The van der Waals surface area contributed by atoms with E-state index in [0.29, 0.717) is 17.0 Å². The van der Waals surface area contributed by atoms with Crippen molar-refractivity contribution in [3.05, 3.63) is 72.1 Å². The van der Waals surface area contributed by atoms with Crippen molar-refractivity contribution < 1.29 is 4.39 Å². The molecule has 4 nitrogen and oxygen atoms in total. The number of anilines is 1. The van der Waals surface area contributed by atoms with Crippen LogP contribution < -0.4 is 5.73 Å². The molecule has 0 spiro atoms. The second-order valence-corrected chi connectivity index (χ2v) is 4.93. The molecular weight excluding hydrogens is 279 g/mol. The first kappa shape index (κ1) is 12.6. The van der Waals surface area contributed by atoms with Gasteiger partial charge in [-0.1, -0.05) is 12.1 Å². The minimum absolute atomic E-state index is 0.309.